The van der Waals surface area contributed by atoms with Gasteiger partial charge in [-0.05, 0) is 71.5 Å². The number of aromatic nitrogens is 3. The Bertz CT molecular complexity index is 1460. The molecule has 2 aromatic heterocycles. The molecule has 5 aliphatic rings. The van der Waals surface area contributed by atoms with Gasteiger partial charge >= 0.3 is 0 Å². The molecule has 2 aromatic rings. The Balaban J connectivity index is 1.30. The van der Waals surface area contributed by atoms with E-state index in [4.69, 9.17) is 14.7 Å². The summed E-state index contributed by atoms with van der Waals surface area (Å²) in [5.74, 6) is 1.36. The number of carbonyl (C=O) groups excluding carboxylic acids is 2. The molecular weight excluding hydrogens is 544 g/mol. The Kier molecular flexibility index (Phi) is 7.23. The standard InChI is InChI=1S/C32H42N8O3/c1-5-27(41)39-17-26-32(42)37(4)29-28(40(26)15-20(39)2)22-12-14-38(30-23-10-6-7-11-24(23)33-19-34-30)16-25(22)35-31(29)43-18-21-9-8-13-36(21)3/h5,19-21,26H,1,6-18H2,2-4H3/t20-,21+,26-/m1/s1. The van der Waals surface area contributed by atoms with Gasteiger partial charge in [0.2, 0.25) is 11.8 Å². The Morgan fingerprint density at radius 1 is 1.05 bits per heavy atom. The molecule has 0 N–H and O–H groups in total. The highest BCUT2D eigenvalue weighted by molar-refractivity contribution is 6.08. The van der Waals surface area contributed by atoms with Gasteiger partial charge in [0.25, 0.3) is 5.91 Å². The summed E-state index contributed by atoms with van der Waals surface area (Å²) in [6.45, 7) is 9.64. The molecule has 0 spiro atoms. The van der Waals surface area contributed by atoms with E-state index in [1.165, 1.54) is 29.3 Å². The second-order valence-electron chi connectivity index (χ2n) is 12.7. The summed E-state index contributed by atoms with van der Waals surface area (Å²) in [4.78, 5) is 51.5. The van der Waals surface area contributed by atoms with Crippen LogP contribution in [0.4, 0.5) is 17.2 Å². The molecule has 228 valence electrons. The van der Waals surface area contributed by atoms with E-state index in [1.54, 1.807) is 16.1 Å². The van der Waals surface area contributed by atoms with Crippen LogP contribution in [-0.4, -0.2) is 102 Å². The van der Waals surface area contributed by atoms with Crippen molar-refractivity contribution in [3.05, 3.63) is 41.5 Å². The third kappa shape index (κ3) is 4.72. The van der Waals surface area contributed by atoms with Crippen LogP contribution in [0, 0.1) is 0 Å². The Labute approximate surface area is 253 Å². The molecule has 0 radical (unpaired) electrons. The predicted molar refractivity (Wildman–Crippen MR) is 165 cm³/mol. The first-order valence-electron chi connectivity index (χ1n) is 15.8. The van der Waals surface area contributed by atoms with Gasteiger partial charge in [-0.15, -0.1) is 0 Å². The van der Waals surface area contributed by atoms with E-state index in [-0.39, 0.29) is 17.9 Å². The first-order valence-corrected chi connectivity index (χ1v) is 15.8. The van der Waals surface area contributed by atoms with Crippen LogP contribution in [-0.2, 0) is 35.4 Å². The van der Waals surface area contributed by atoms with E-state index in [1.807, 2.05) is 14.0 Å². The first kappa shape index (κ1) is 28.1. The van der Waals surface area contributed by atoms with Gasteiger partial charge in [0.15, 0.2) is 0 Å². The van der Waals surface area contributed by atoms with Crippen molar-refractivity contribution < 1.29 is 14.3 Å². The molecule has 1 aliphatic carbocycles. The lowest BCUT2D eigenvalue weighted by Crippen LogP contribution is -2.65. The molecular formula is C32H42N8O3. The molecule has 11 nitrogen and oxygen atoms in total. The van der Waals surface area contributed by atoms with Crippen LogP contribution in [0.25, 0.3) is 0 Å². The van der Waals surface area contributed by atoms with Crippen molar-refractivity contribution in [1.82, 2.24) is 24.8 Å². The summed E-state index contributed by atoms with van der Waals surface area (Å²) in [7, 11) is 3.96. The number of hydrogen-bond donors (Lipinski definition) is 0. The average Bonchev–Trinajstić information content (AvgIpc) is 3.45. The number of carbonyl (C=O) groups is 2. The van der Waals surface area contributed by atoms with E-state index in [9.17, 15) is 9.59 Å². The number of amides is 2. The van der Waals surface area contributed by atoms with Crippen molar-refractivity contribution in [3.8, 4) is 5.88 Å². The number of ether oxygens (including phenoxy) is 1. The molecule has 3 atom stereocenters. The number of aryl methyl sites for hydroxylation is 1. The molecule has 0 bridgehead atoms. The zero-order valence-corrected chi connectivity index (χ0v) is 25.6. The maximum Gasteiger partial charge on any atom is 0.251 e. The van der Waals surface area contributed by atoms with Gasteiger partial charge < -0.3 is 29.2 Å². The normalized spacial score (nSPS) is 25.2. The number of likely N-dealkylation sites (tertiary alicyclic amines) is 1. The summed E-state index contributed by atoms with van der Waals surface area (Å²) in [6.07, 6.45) is 10.4. The van der Waals surface area contributed by atoms with Gasteiger partial charge in [-0.25, -0.2) is 15.0 Å². The van der Waals surface area contributed by atoms with Crippen LogP contribution < -0.4 is 19.4 Å². The van der Waals surface area contributed by atoms with Gasteiger partial charge in [0.1, 0.15) is 30.5 Å². The van der Waals surface area contributed by atoms with E-state index in [0.717, 1.165) is 74.5 Å². The maximum absolute atomic E-state index is 13.9. The average molecular weight is 587 g/mol. The van der Waals surface area contributed by atoms with Crippen molar-refractivity contribution in [2.75, 3.05) is 61.6 Å². The van der Waals surface area contributed by atoms with Crippen LogP contribution in [0.15, 0.2) is 19.0 Å². The zero-order chi connectivity index (χ0) is 29.8. The van der Waals surface area contributed by atoms with Crippen molar-refractivity contribution in [2.45, 2.75) is 76.5 Å². The lowest BCUT2D eigenvalue weighted by atomic mass is 9.93. The van der Waals surface area contributed by atoms with Crippen LogP contribution in [0.2, 0.25) is 0 Å². The SMILES string of the molecule is C=CC(=O)N1C[C@@H]2C(=O)N(C)c3c(OC[C@@H]4CCCN4C)nc4c(c3N2C[C@H]1C)CCN(c1ncnc2c1CCCC2)C4. The van der Waals surface area contributed by atoms with Gasteiger partial charge in [-0.1, -0.05) is 6.58 Å². The molecule has 4 aliphatic heterocycles. The second kappa shape index (κ2) is 11.1. The minimum absolute atomic E-state index is 0.0455. The van der Waals surface area contributed by atoms with Crippen LogP contribution >= 0.6 is 0 Å². The molecule has 6 heterocycles. The molecule has 11 heteroatoms. The van der Waals surface area contributed by atoms with Gasteiger partial charge in [-0.3, -0.25) is 9.59 Å². The summed E-state index contributed by atoms with van der Waals surface area (Å²) >= 11 is 0. The number of rotatable bonds is 5. The van der Waals surface area contributed by atoms with Crippen LogP contribution in [0.1, 0.15) is 55.1 Å². The largest absolute Gasteiger partial charge is 0.474 e. The van der Waals surface area contributed by atoms with Gasteiger partial charge in [0.05, 0.1) is 24.5 Å². The topological polar surface area (TPSA) is 98.2 Å². The van der Waals surface area contributed by atoms with Crippen molar-refractivity contribution >= 4 is 29.0 Å². The Hall–Kier alpha value is -3.73. The number of likely N-dealkylation sites (N-methyl/N-ethyl adjacent to an activating group) is 2. The number of nitrogens with zero attached hydrogens (tertiary/aromatic N) is 8. The predicted octanol–water partition coefficient (Wildman–Crippen LogP) is 2.35. The van der Waals surface area contributed by atoms with Crippen molar-refractivity contribution in [1.29, 1.82) is 0 Å². The van der Waals surface area contributed by atoms with Gasteiger partial charge in [0, 0.05) is 49.0 Å². The van der Waals surface area contributed by atoms with Crippen molar-refractivity contribution in [3.63, 3.8) is 0 Å². The van der Waals surface area contributed by atoms with E-state index in [0.29, 0.717) is 38.2 Å². The lowest BCUT2D eigenvalue weighted by Gasteiger charge is -2.51. The Morgan fingerprint density at radius 2 is 1.88 bits per heavy atom. The lowest BCUT2D eigenvalue weighted by molar-refractivity contribution is -0.130. The highest BCUT2D eigenvalue weighted by Gasteiger charge is 2.47. The fraction of sp³-hybridized carbons (Fsp3) is 0.594. The minimum atomic E-state index is -0.468. The van der Waals surface area contributed by atoms with E-state index in [2.05, 4.69) is 33.3 Å². The van der Waals surface area contributed by atoms with Crippen molar-refractivity contribution in [2.24, 2.45) is 0 Å². The molecule has 0 unspecified atom stereocenters. The summed E-state index contributed by atoms with van der Waals surface area (Å²) in [5.41, 5.74) is 6.38. The minimum Gasteiger partial charge on any atom is -0.474 e. The Morgan fingerprint density at radius 3 is 2.67 bits per heavy atom. The monoisotopic (exact) mass is 586 g/mol. The first-order chi connectivity index (χ1) is 20.9. The fourth-order valence-corrected chi connectivity index (χ4v) is 7.75. The highest BCUT2D eigenvalue weighted by Crippen LogP contribution is 2.48. The molecule has 2 saturated heterocycles. The number of hydrogen-bond acceptors (Lipinski definition) is 9. The third-order valence-electron chi connectivity index (χ3n) is 10.2. The summed E-state index contributed by atoms with van der Waals surface area (Å²) < 4.78 is 6.56. The molecule has 0 saturated carbocycles. The van der Waals surface area contributed by atoms with Crippen LogP contribution in [0.5, 0.6) is 5.88 Å². The third-order valence-corrected chi connectivity index (χ3v) is 10.2. The number of pyridine rings is 1. The molecule has 2 amide bonds. The zero-order valence-electron chi connectivity index (χ0n) is 25.6. The number of anilines is 3. The second-order valence-corrected chi connectivity index (χ2v) is 12.7. The van der Waals surface area contributed by atoms with Gasteiger partial charge in [-0.2, -0.15) is 0 Å². The number of fused-ring (bicyclic) bond motifs is 6. The number of piperazine rings is 1. The summed E-state index contributed by atoms with van der Waals surface area (Å²) in [6, 6.07) is -0.216. The highest BCUT2D eigenvalue weighted by atomic mass is 16.5. The molecule has 43 heavy (non-hydrogen) atoms. The maximum atomic E-state index is 13.9. The van der Waals surface area contributed by atoms with E-state index < -0.39 is 6.04 Å². The quantitative estimate of drug-likeness (QED) is 0.489. The molecule has 0 aromatic carbocycles. The fourth-order valence-electron chi connectivity index (χ4n) is 7.75. The van der Waals surface area contributed by atoms with Crippen LogP contribution in [0.3, 0.4) is 0 Å². The molecule has 2 fully saturated rings. The van der Waals surface area contributed by atoms with E-state index >= 15 is 0 Å². The molecule has 7 rings (SSSR count). The summed E-state index contributed by atoms with van der Waals surface area (Å²) in [5, 5.41) is 0. The smallest absolute Gasteiger partial charge is 0.251 e.